The first-order chi connectivity index (χ1) is 4.77. The molecule has 1 atom stereocenters. The summed E-state index contributed by atoms with van der Waals surface area (Å²) in [5, 5.41) is 0. The molecule has 1 unspecified atom stereocenters. The Morgan fingerprint density at radius 2 is 2.30 bits per heavy atom. The van der Waals surface area contributed by atoms with Crippen molar-refractivity contribution in [2.24, 2.45) is 0 Å². The molecule has 6 heteroatoms. The summed E-state index contributed by atoms with van der Waals surface area (Å²) in [6, 6.07) is 0. The minimum absolute atomic E-state index is 0.356. The van der Waals surface area contributed by atoms with Crippen LogP contribution in [-0.2, 0) is 11.3 Å². The zero-order chi connectivity index (χ0) is 7.82. The molecule has 0 fully saturated rings. The van der Waals surface area contributed by atoms with Crippen molar-refractivity contribution in [3.8, 4) is 0 Å². The Labute approximate surface area is 66.2 Å². The Morgan fingerprint density at radius 1 is 1.60 bits per heavy atom. The number of nitrogens with one attached hydrogen (secondary N) is 1. The summed E-state index contributed by atoms with van der Waals surface area (Å²) >= 11 is -0.794. The van der Waals surface area contributed by atoms with Crippen molar-refractivity contribution in [1.29, 1.82) is 0 Å². The summed E-state index contributed by atoms with van der Waals surface area (Å²) in [6.45, 7) is 0.0198. The van der Waals surface area contributed by atoms with E-state index in [1.165, 1.54) is 11.8 Å². The van der Waals surface area contributed by atoms with E-state index in [2.05, 4.69) is 4.72 Å². The zero-order valence-corrected chi connectivity index (χ0v) is 6.97. The lowest BCUT2D eigenvalue weighted by Crippen LogP contribution is -2.19. The van der Waals surface area contributed by atoms with Gasteiger partial charge in [0.2, 0.25) is 0 Å². The molecule has 0 aliphatic heterocycles. The third-order valence-corrected chi connectivity index (χ3v) is 2.06. The molecule has 0 aromatic carbocycles. The average molecular weight is 186 g/mol. The lowest BCUT2D eigenvalue weighted by molar-refractivity contribution is 0.525. The highest BCUT2D eigenvalue weighted by Crippen LogP contribution is 1.96. The van der Waals surface area contributed by atoms with Crippen LogP contribution < -0.4 is 4.72 Å². The predicted octanol–water partition coefficient (Wildman–Crippen LogP) is 0.0728. The first kappa shape index (κ1) is 10.3. The van der Waals surface area contributed by atoms with E-state index in [1.54, 1.807) is 0 Å². The molecule has 0 spiro atoms. The molecule has 10 heavy (non-hydrogen) atoms. The fourth-order valence-electron chi connectivity index (χ4n) is 0.354. The second-order valence-electron chi connectivity index (χ2n) is 1.43. The van der Waals surface area contributed by atoms with Crippen LogP contribution in [0.3, 0.4) is 0 Å². The molecule has 0 saturated carbocycles. The highest BCUT2D eigenvalue weighted by atomic mass is 32.2. The van der Waals surface area contributed by atoms with Crippen molar-refractivity contribution in [3.05, 3.63) is 0 Å². The molecule has 1 N–H and O–H groups in total. The summed E-state index contributed by atoms with van der Waals surface area (Å²) in [7, 11) is 0. The number of hydrogen-bond donors (Lipinski definition) is 1. The lowest BCUT2D eigenvalue weighted by Gasteiger charge is -2.05. The van der Waals surface area contributed by atoms with E-state index in [1.807, 2.05) is 0 Å². The Morgan fingerprint density at radius 3 is 2.80 bits per heavy atom. The van der Waals surface area contributed by atoms with E-state index in [-0.39, 0.29) is 6.67 Å². The number of thioether (sulfide) groups is 1. The van der Waals surface area contributed by atoms with Crippen molar-refractivity contribution in [3.63, 3.8) is 0 Å². The fourth-order valence-corrected chi connectivity index (χ4v) is 1.31. The van der Waals surface area contributed by atoms with Crippen molar-refractivity contribution < 1.29 is 13.2 Å². The molecule has 0 aliphatic rings. The molecule has 62 valence electrons. The molecule has 0 rings (SSSR count). The third-order valence-electron chi connectivity index (χ3n) is 0.688. The normalized spacial score (nSPS) is 13.4. The predicted molar refractivity (Wildman–Crippen MR) is 40.2 cm³/mol. The molecule has 0 radical (unpaired) electrons. The van der Waals surface area contributed by atoms with Gasteiger partial charge in [-0.15, -0.1) is 0 Å². The van der Waals surface area contributed by atoms with E-state index in [0.29, 0.717) is 18.1 Å². The maximum Gasteiger partial charge on any atom is 0.0984 e. The van der Waals surface area contributed by atoms with Gasteiger partial charge in [0, 0.05) is 29.3 Å². The van der Waals surface area contributed by atoms with E-state index < -0.39 is 11.3 Å². The fraction of sp³-hybridized carbons (Fsp3) is 1.00. The Kier molecular flexibility index (Phi) is 7.72. The van der Waals surface area contributed by atoms with Crippen molar-refractivity contribution in [2.75, 3.05) is 24.7 Å². The van der Waals surface area contributed by atoms with Gasteiger partial charge in [-0.2, -0.15) is 11.8 Å². The minimum Gasteiger partial charge on any atom is -0.760 e. The first-order valence-corrected chi connectivity index (χ1v) is 4.97. The average Bonchev–Trinajstić information content (AvgIpc) is 1.87. The van der Waals surface area contributed by atoms with Gasteiger partial charge in [-0.1, -0.05) is 0 Å². The number of rotatable bonds is 6. The number of halogens is 1. The summed E-state index contributed by atoms with van der Waals surface area (Å²) < 4.78 is 33.3. The highest BCUT2D eigenvalue weighted by Gasteiger charge is 1.87. The topological polar surface area (TPSA) is 52.2 Å². The third kappa shape index (κ3) is 8.35. The maximum atomic E-state index is 11.4. The lowest BCUT2D eigenvalue weighted by atomic mass is 10.8. The molecule has 0 aromatic rings. The molecule has 3 nitrogen and oxygen atoms in total. The largest absolute Gasteiger partial charge is 0.760 e. The first-order valence-electron chi connectivity index (χ1n) is 2.74. The van der Waals surface area contributed by atoms with Gasteiger partial charge >= 0.3 is 0 Å². The van der Waals surface area contributed by atoms with Crippen LogP contribution in [-0.4, -0.2) is 33.5 Å². The van der Waals surface area contributed by atoms with Crippen LogP contribution in [0, 0.1) is 0 Å². The summed E-state index contributed by atoms with van der Waals surface area (Å²) in [4.78, 5) is 0. The Balaban J connectivity index is 2.84. The van der Waals surface area contributed by atoms with Crippen molar-refractivity contribution >= 4 is 23.0 Å². The van der Waals surface area contributed by atoms with Crippen LogP contribution in [0.4, 0.5) is 4.39 Å². The van der Waals surface area contributed by atoms with Crippen molar-refractivity contribution in [2.45, 2.75) is 0 Å². The monoisotopic (exact) mass is 186 g/mol. The molecular formula is C4H9FNO2S2-. The molecule has 0 saturated heterocycles. The molecule has 0 bridgehead atoms. The number of alkyl halides is 1. The maximum absolute atomic E-state index is 11.4. The molecule has 0 amide bonds. The van der Waals surface area contributed by atoms with Gasteiger partial charge in [0.25, 0.3) is 0 Å². The van der Waals surface area contributed by atoms with E-state index >= 15 is 0 Å². The van der Waals surface area contributed by atoms with Crippen LogP contribution in [0.2, 0.25) is 0 Å². The van der Waals surface area contributed by atoms with Gasteiger partial charge < -0.3 is 4.55 Å². The van der Waals surface area contributed by atoms with Gasteiger partial charge in [-0.05, 0) is 0 Å². The quantitative estimate of drug-likeness (QED) is 0.472. The molecule has 0 aromatic heterocycles. The molecule has 0 heterocycles. The summed E-state index contributed by atoms with van der Waals surface area (Å²) in [5.41, 5.74) is 0. The summed E-state index contributed by atoms with van der Waals surface area (Å²) in [6.07, 6.45) is 0. The highest BCUT2D eigenvalue weighted by molar-refractivity contribution is 7.99. The standard InChI is InChI=1S/C4H10FNO2S2/c5-1-3-9-4-2-6-10(7)8/h6H,1-4H2,(H,7,8)/p-1. The zero-order valence-electron chi connectivity index (χ0n) is 5.34. The molecular weight excluding hydrogens is 177 g/mol. The number of hydrogen-bond acceptors (Lipinski definition) is 3. The minimum atomic E-state index is -2.18. The molecule has 0 aliphatic carbocycles. The summed E-state index contributed by atoms with van der Waals surface area (Å²) in [5.74, 6) is 1.06. The Bertz CT molecular complexity index is 103. The van der Waals surface area contributed by atoms with Gasteiger partial charge in [0.05, 0.1) is 6.67 Å². The van der Waals surface area contributed by atoms with Crippen molar-refractivity contribution in [1.82, 2.24) is 4.72 Å². The van der Waals surface area contributed by atoms with Crippen LogP contribution in [0.15, 0.2) is 0 Å². The van der Waals surface area contributed by atoms with Gasteiger partial charge in [0.15, 0.2) is 0 Å². The van der Waals surface area contributed by atoms with E-state index in [0.717, 1.165) is 0 Å². The van der Waals surface area contributed by atoms with Crippen LogP contribution in [0.25, 0.3) is 0 Å². The smallest absolute Gasteiger partial charge is 0.0984 e. The van der Waals surface area contributed by atoms with E-state index in [9.17, 15) is 13.2 Å². The van der Waals surface area contributed by atoms with Gasteiger partial charge in [-0.3, -0.25) is 8.60 Å². The van der Waals surface area contributed by atoms with Gasteiger partial charge in [-0.25, -0.2) is 4.72 Å². The second kappa shape index (κ2) is 7.46. The SMILES string of the molecule is O=S([O-])NCCSCCF. The van der Waals surface area contributed by atoms with Crippen LogP contribution >= 0.6 is 11.8 Å². The van der Waals surface area contributed by atoms with Crippen LogP contribution in [0.5, 0.6) is 0 Å². The van der Waals surface area contributed by atoms with E-state index in [4.69, 9.17) is 0 Å². The van der Waals surface area contributed by atoms with Crippen LogP contribution in [0.1, 0.15) is 0 Å². The van der Waals surface area contributed by atoms with Gasteiger partial charge in [0.1, 0.15) is 0 Å². The Hall–Kier alpha value is 0.350. The second-order valence-corrected chi connectivity index (χ2v) is 3.41.